The van der Waals surface area contributed by atoms with E-state index in [1.165, 1.54) is 0 Å². The first kappa shape index (κ1) is 18.4. The number of hydrogen-bond donors (Lipinski definition) is 3. The molecule has 2 aromatic carbocycles. The molecule has 0 radical (unpaired) electrons. The molecule has 2 aromatic rings. The number of guanidine groups is 1. The van der Waals surface area contributed by atoms with Crippen LogP contribution in [0.4, 0.5) is 11.4 Å². The Morgan fingerprint density at radius 2 is 1.81 bits per heavy atom. The molecule has 3 rings (SSSR count). The number of benzene rings is 2. The van der Waals surface area contributed by atoms with E-state index in [4.69, 9.17) is 4.74 Å². The van der Waals surface area contributed by atoms with Gasteiger partial charge in [-0.15, -0.1) is 0 Å². The zero-order valence-electron chi connectivity index (χ0n) is 15.3. The number of aryl methyl sites for hydroxylation is 1. The number of amides is 2. The van der Waals surface area contributed by atoms with Gasteiger partial charge in [0.2, 0.25) is 17.8 Å². The van der Waals surface area contributed by atoms with Gasteiger partial charge in [0.1, 0.15) is 11.8 Å². The minimum Gasteiger partial charge on any atom is -0.494 e. The van der Waals surface area contributed by atoms with Gasteiger partial charge in [-0.2, -0.15) is 0 Å². The second kappa shape index (κ2) is 8.35. The van der Waals surface area contributed by atoms with Crippen molar-refractivity contribution in [3.63, 3.8) is 0 Å². The van der Waals surface area contributed by atoms with Crippen LogP contribution in [0.3, 0.4) is 0 Å². The minimum atomic E-state index is -0.787. The lowest BCUT2D eigenvalue weighted by molar-refractivity contribution is -0.124. The Morgan fingerprint density at radius 1 is 1.15 bits per heavy atom. The van der Waals surface area contributed by atoms with E-state index < -0.39 is 6.04 Å². The van der Waals surface area contributed by atoms with Crippen molar-refractivity contribution in [3.05, 3.63) is 54.1 Å². The number of nitrogens with zero attached hydrogens (tertiary/aromatic N) is 1. The van der Waals surface area contributed by atoms with Crippen LogP contribution in [-0.4, -0.2) is 30.4 Å². The summed E-state index contributed by atoms with van der Waals surface area (Å²) in [4.78, 5) is 28.8. The second-order valence-electron chi connectivity index (χ2n) is 6.18. The summed E-state index contributed by atoms with van der Waals surface area (Å²) in [5.41, 5.74) is 2.51. The lowest BCUT2D eigenvalue weighted by Gasteiger charge is -2.21. The van der Waals surface area contributed by atoms with Gasteiger partial charge in [0.05, 0.1) is 13.0 Å². The molecule has 3 N–H and O–H groups in total. The van der Waals surface area contributed by atoms with E-state index in [0.29, 0.717) is 12.3 Å². The molecular weight excluding hydrogens is 344 g/mol. The fourth-order valence-corrected chi connectivity index (χ4v) is 2.61. The van der Waals surface area contributed by atoms with Crippen LogP contribution >= 0.6 is 0 Å². The molecule has 0 aliphatic carbocycles. The van der Waals surface area contributed by atoms with Crippen LogP contribution in [-0.2, 0) is 9.59 Å². The average molecular weight is 366 g/mol. The number of anilines is 2. The van der Waals surface area contributed by atoms with E-state index in [1.807, 2.05) is 62.4 Å². The van der Waals surface area contributed by atoms with Gasteiger partial charge in [-0.05, 0) is 50.2 Å². The number of carbonyl (C=O) groups excluding carboxylic acids is 2. The predicted molar refractivity (Wildman–Crippen MR) is 105 cm³/mol. The Hall–Kier alpha value is -3.35. The molecule has 140 valence electrons. The third kappa shape index (κ3) is 5.07. The van der Waals surface area contributed by atoms with Gasteiger partial charge in [0, 0.05) is 11.4 Å². The smallest absolute Gasteiger partial charge is 0.249 e. The maximum Gasteiger partial charge on any atom is 0.249 e. The lowest BCUT2D eigenvalue weighted by atomic mass is 10.1. The quantitative estimate of drug-likeness (QED) is 0.759. The van der Waals surface area contributed by atoms with Crippen molar-refractivity contribution in [2.24, 2.45) is 4.99 Å². The standard InChI is InChI=1S/C20H22N4O3/c1-3-27-16-10-8-15(9-11-16)22-20-23-17(12-18(25)24-20)19(26)21-14-6-4-13(2)5-7-14/h4-11,17H,3,12H2,1-2H3,(H,21,26)(H2,22,23,24,25). The topological polar surface area (TPSA) is 91.8 Å². The first-order valence-corrected chi connectivity index (χ1v) is 8.78. The average Bonchev–Trinajstić information content (AvgIpc) is 2.65. The molecule has 1 aliphatic rings. The molecule has 1 aliphatic heterocycles. The highest BCUT2D eigenvalue weighted by atomic mass is 16.5. The molecule has 1 atom stereocenters. The van der Waals surface area contributed by atoms with Crippen molar-refractivity contribution < 1.29 is 14.3 Å². The number of rotatable bonds is 5. The van der Waals surface area contributed by atoms with Crippen molar-refractivity contribution in [2.75, 3.05) is 17.2 Å². The van der Waals surface area contributed by atoms with Crippen LogP contribution in [0.1, 0.15) is 18.9 Å². The van der Waals surface area contributed by atoms with E-state index >= 15 is 0 Å². The van der Waals surface area contributed by atoms with Crippen LogP contribution in [0.5, 0.6) is 5.75 Å². The number of aliphatic imine (C=N–C) groups is 1. The Morgan fingerprint density at radius 3 is 2.48 bits per heavy atom. The molecule has 7 nitrogen and oxygen atoms in total. The van der Waals surface area contributed by atoms with E-state index in [1.54, 1.807) is 0 Å². The molecule has 1 heterocycles. The van der Waals surface area contributed by atoms with Gasteiger partial charge in [-0.3, -0.25) is 14.9 Å². The van der Waals surface area contributed by atoms with Gasteiger partial charge >= 0.3 is 0 Å². The van der Waals surface area contributed by atoms with Crippen molar-refractivity contribution in [2.45, 2.75) is 26.3 Å². The van der Waals surface area contributed by atoms with Gasteiger partial charge < -0.3 is 15.4 Å². The van der Waals surface area contributed by atoms with Crippen molar-refractivity contribution in [1.82, 2.24) is 5.32 Å². The number of hydrogen-bond acceptors (Lipinski definition) is 5. The Kier molecular flexibility index (Phi) is 5.71. The Labute approximate surface area is 157 Å². The summed E-state index contributed by atoms with van der Waals surface area (Å²) >= 11 is 0. The fraction of sp³-hybridized carbons (Fsp3) is 0.250. The lowest BCUT2D eigenvalue weighted by Crippen LogP contribution is -2.45. The maximum absolute atomic E-state index is 12.5. The first-order valence-electron chi connectivity index (χ1n) is 8.78. The molecular formula is C20H22N4O3. The summed E-state index contributed by atoms with van der Waals surface area (Å²) in [6, 6.07) is 13.9. The van der Waals surface area contributed by atoms with Gasteiger partial charge in [-0.1, -0.05) is 17.7 Å². The number of carbonyl (C=O) groups is 2. The van der Waals surface area contributed by atoms with Crippen LogP contribution < -0.4 is 20.7 Å². The summed E-state index contributed by atoms with van der Waals surface area (Å²) in [6.45, 7) is 4.48. The molecule has 1 unspecified atom stereocenters. The number of ether oxygens (including phenoxy) is 1. The third-order valence-electron chi connectivity index (χ3n) is 3.97. The van der Waals surface area contributed by atoms with Crippen molar-refractivity contribution in [1.29, 1.82) is 0 Å². The van der Waals surface area contributed by atoms with Gasteiger partial charge in [0.15, 0.2) is 0 Å². The SMILES string of the molecule is CCOc1ccc(NC2=NC(C(=O)Nc3ccc(C)cc3)CC(=O)N2)cc1. The summed E-state index contributed by atoms with van der Waals surface area (Å²) in [6.07, 6.45) is 0.00610. The Balaban J connectivity index is 1.68. The predicted octanol–water partition coefficient (Wildman–Crippen LogP) is 2.69. The van der Waals surface area contributed by atoms with E-state index in [-0.39, 0.29) is 24.2 Å². The molecule has 27 heavy (non-hydrogen) atoms. The van der Waals surface area contributed by atoms with E-state index in [0.717, 1.165) is 17.0 Å². The molecule has 0 saturated carbocycles. The summed E-state index contributed by atoms with van der Waals surface area (Å²) < 4.78 is 5.40. The second-order valence-corrected chi connectivity index (χ2v) is 6.18. The van der Waals surface area contributed by atoms with Gasteiger partial charge in [0.25, 0.3) is 0 Å². The van der Waals surface area contributed by atoms with Crippen LogP contribution in [0, 0.1) is 6.92 Å². The van der Waals surface area contributed by atoms with Crippen LogP contribution in [0.2, 0.25) is 0 Å². The third-order valence-corrected chi connectivity index (χ3v) is 3.97. The fourth-order valence-electron chi connectivity index (χ4n) is 2.61. The zero-order valence-corrected chi connectivity index (χ0v) is 15.3. The highest BCUT2D eigenvalue weighted by molar-refractivity contribution is 6.10. The molecule has 0 bridgehead atoms. The van der Waals surface area contributed by atoms with Crippen LogP contribution in [0.25, 0.3) is 0 Å². The number of nitrogens with one attached hydrogen (secondary N) is 3. The first-order chi connectivity index (χ1) is 13.0. The largest absolute Gasteiger partial charge is 0.494 e. The monoisotopic (exact) mass is 366 g/mol. The minimum absolute atomic E-state index is 0.00610. The molecule has 0 spiro atoms. The van der Waals surface area contributed by atoms with E-state index in [9.17, 15) is 9.59 Å². The normalized spacial score (nSPS) is 16.1. The van der Waals surface area contributed by atoms with E-state index in [2.05, 4.69) is 20.9 Å². The molecule has 2 amide bonds. The maximum atomic E-state index is 12.5. The zero-order chi connectivity index (χ0) is 19.2. The molecule has 0 aromatic heterocycles. The Bertz CT molecular complexity index is 845. The van der Waals surface area contributed by atoms with Gasteiger partial charge in [-0.25, -0.2) is 4.99 Å². The summed E-state index contributed by atoms with van der Waals surface area (Å²) in [7, 11) is 0. The van der Waals surface area contributed by atoms with Crippen molar-refractivity contribution in [3.8, 4) is 5.75 Å². The highest BCUT2D eigenvalue weighted by Gasteiger charge is 2.27. The van der Waals surface area contributed by atoms with Crippen molar-refractivity contribution >= 4 is 29.1 Å². The summed E-state index contributed by atoms with van der Waals surface area (Å²) in [5.74, 6) is 0.426. The molecule has 0 saturated heterocycles. The molecule has 0 fully saturated rings. The highest BCUT2D eigenvalue weighted by Crippen LogP contribution is 2.17. The summed E-state index contributed by atoms with van der Waals surface area (Å²) in [5, 5.41) is 8.46. The van der Waals surface area contributed by atoms with Crippen LogP contribution in [0.15, 0.2) is 53.5 Å². The molecule has 7 heteroatoms.